The van der Waals surface area contributed by atoms with Gasteiger partial charge in [0.1, 0.15) is 0 Å². The Bertz CT molecular complexity index is 27.0. The normalized spacial score (nSPS) is 5.00. The van der Waals surface area contributed by atoms with E-state index >= 15 is 0 Å². The Morgan fingerprint density at radius 3 is 2.25 bits per heavy atom. The van der Waals surface area contributed by atoms with Crippen molar-refractivity contribution >= 4 is 6.41 Å². The first-order valence-electron chi connectivity index (χ1n) is 0.718. The first kappa shape index (κ1) is 3.27. The summed E-state index contributed by atoms with van der Waals surface area (Å²) >= 11 is 0. The Balaban J connectivity index is 2.73. The maximum atomic E-state index is 8.82. The molecule has 0 unspecified atom stereocenters. The third kappa shape index (κ3) is 1.27. The van der Waals surface area contributed by atoms with Gasteiger partial charge in [-0.3, -0.25) is 4.79 Å². The molecule has 0 saturated carbocycles. The van der Waals surface area contributed by atoms with Crippen molar-refractivity contribution in [2.24, 2.45) is 5.11 Å². The van der Waals surface area contributed by atoms with Gasteiger partial charge in [0.2, 0.25) is 0 Å². The van der Waals surface area contributed by atoms with Gasteiger partial charge in [0.05, 0.1) is 0 Å². The van der Waals surface area contributed by atoms with Gasteiger partial charge in [-0.05, 0) is 0 Å². The lowest BCUT2D eigenvalue weighted by Crippen LogP contribution is -1.44. The Morgan fingerprint density at radius 1 is 2.00 bits per heavy atom. The monoisotopic (exact) mass is 58.0 g/mol. The van der Waals surface area contributed by atoms with Crippen LogP contribution in [-0.4, -0.2) is 6.41 Å². The molecule has 0 aliphatic rings. The number of rotatable bonds is 1. The van der Waals surface area contributed by atoms with Crippen LogP contribution in [0.25, 0.3) is 0 Å². The number of nitrogens with zero attached hydrogens (tertiary/aromatic N) is 1. The zero-order valence-corrected chi connectivity index (χ0v) is 1.93. The molecule has 0 bridgehead atoms. The van der Waals surface area contributed by atoms with E-state index < -0.39 is 0 Å². The van der Waals surface area contributed by atoms with Crippen LogP contribution in [0.5, 0.6) is 0 Å². The molecule has 0 spiro atoms. The van der Waals surface area contributed by atoms with Crippen LogP contribution in [-0.2, 0) is 4.79 Å². The number of carbonyl (C=O) groups excluding carboxylic acids is 1. The number of amides is 1. The fourth-order valence-corrected chi connectivity index (χ4v) is 0. The molecular formula is CH2N2O. The lowest BCUT2D eigenvalue weighted by Gasteiger charge is -1.39. The van der Waals surface area contributed by atoms with Crippen LogP contribution in [0.2, 0.25) is 0 Å². The minimum atomic E-state index is 0.167. The van der Waals surface area contributed by atoms with Crippen molar-refractivity contribution in [3.8, 4) is 0 Å². The summed E-state index contributed by atoms with van der Waals surface area (Å²) in [7, 11) is 0. The van der Waals surface area contributed by atoms with Crippen LogP contribution >= 0.6 is 0 Å². The summed E-state index contributed by atoms with van der Waals surface area (Å²) in [4.78, 5) is 8.82. The van der Waals surface area contributed by atoms with Gasteiger partial charge in [-0.2, -0.15) is 0 Å². The van der Waals surface area contributed by atoms with Crippen LogP contribution in [0.15, 0.2) is 5.11 Å². The Hall–Kier alpha value is -0.730. The summed E-state index contributed by atoms with van der Waals surface area (Å²) in [6.07, 6.45) is 0.167. The van der Waals surface area contributed by atoms with E-state index in [1.807, 2.05) is 0 Å². The highest BCUT2D eigenvalue weighted by atomic mass is 16.1. The molecule has 0 aromatic rings. The first-order chi connectivity index (χ1) is 1.91. The molecule has 0 radical (unpaired) electrons. The summed E-state index contributed by atoms with van der Waals surface area (Å²) in [5.74, 6) is 0. The maximum absolute atomic E-state index is 8.82. The molecule has 1 amide bonds. The van der Waals surface area contributed by atoms with E-state index in [0.717, 1.165) is 0 Å². The molecule has 1 N–H and O–H groups in total. The minimum absolute atomic E-state index is 0.167. The Kier molecular flexibility index (Phi) is 1.86. The average Bonchev–Trinajstić information content (AvgIpc) is 1.37. The lowest BCUT2D eigenvalue weighted by atomic mass is 11.5. The van der Waals surface area contributed by atoms with Crippen molar-refractivity contribution < 1.29 is 4.79 Å². The molecule has 0 aliphatic carbocycles. The van der Waals surface area contributed by atoms with Crippen molar-refractivity contribution in [1.82, 2.24) is 0 Å². The van der Waals surface area contributed by atoms with Gasteiger partial charge in [0.15, 0.2) is 0 Å². The van der Waals surface area contributed by atoms with Crippen molar-refractivity contribution in [1.29, 1.82) is 5.53 Å². The quantitative estimate of drug-likeness (QED) is 0.339. The van der Waals surface area contributed by atoms with Crippen molar-refractivity contribution in [2.45, 2.75) is 0 Å². The van der Waals surface area contributed by atoms with Crippen LogP contribution in [0.1, 0.15) is 0 Å². The number of hydrogen-bond donors (Lipinski definition) is 1. The van der Waals surface area contributed by atoms with Crippen molar-refractivity contribution in [3.63, 3.8) is 0 Å². The van der Waals surface area contributed by atoms with Crippen molar-refractivity contribution in [2.75, 3.05) is 0 Å². The summed E-state index contributed by atoms with van der Waals surface area (Å²) in [6.45, 7) is 0. The molecule has 4 heavy (non-hydrogen) atoms. The topological polar surface area (TPSA) is 53.3 Å². The Labute approximate surface area is 23.1 Å². The van der Waals surface area contributed by atoms with E-state index in [2.05, 4.69) is 5.11 Å². The lowest BCUT2D eigenvalue weighted by molar-refractivity contribution is -0.107. The van der Waals surface area contributed by atoms with Gasteiger partial charge in [-0.1, -0.05) is 0 Å². The summed E-state index contributed by atoms with van der Waals surface area (Å²) in [5.41, 5.74) is 5.71. The smallest absolute Gasteiger partial charge is 0.251 e. The predicted molar refractivity (Wildman–Crippen MR) is 11.2 cm³/mol. The van der Waals surface area contributed by atoms with E-state index in [1.165, 1.54) is 0 Å². The van der Waals surface area contributed by atoms with E-state index in [9.17, 15) is 0 Å². The van der Waals surface area contributed by atoms with Gasteiger partial charge in [-0.25, -0.2) is 5.53 Å². The van der Waals surface area contributed by atoms with Crippen LogP contribution in [0.3, 0.4) is 0 Å². The standard InChI is InChI=1S/CH2N2O/c2-3-1-4/h1-2H. The Morgan fingerprint density at radius 2 is 2.25 bits per heavy atom. The highest BCUT2D eigenvalue weighted by molar-refractivity contribution is 5.45. The third-order valence-electron chi connectivity index (χ3n) is 0.0527. The molecule has 0 rings (SSSR count). The van der Waals surface area contributed by atoms with Crippen LogP contribution < -0.4 is 0 Å². The first-order valence-corrected chi connectivity index (χ1v) is 0.718. The molecule has 0 heterocycles. The van der Waals surface area contributed by atoms with E-state index in [4.69, 9.17) is 10.3 Å². The second-order valence-corrected chi connectivity index (χ2v) is 0.235. The van der Waals surface area contributed by atoms with E-state index in [-0.39, 0.29) is 6.41 Å². The van der Waals surface area contributed by atoms with Gasteiger partial charge in [0, 0.05) is 0 Å². The van der Waals surface area contributed by atoms with Gasteiger partial charge >= 0.3 is 0 Å². The predicted octanol–water partition coefficient (Wildman–Crippen LogP) is 0.174. The van der Waals surface area contributed by atoms with Crippen LogP contribution in [0.4, 0.5) is 0 Å². The summed E-state index contributed by atoms with van der Waals surface area (Å²) in [5, 5.41) is 2.31. The third-order valence-corrected chi connectivity index (χ3v) is 0.0527. The molecule has 0 fully saturated rings. The zero-order chi connectivity index (χ0) is 3.41. The van der Waals surface area contributed by atoms with Crippen molar-refractivity contribution in [3.05, 3.63) is 0 Å². The molecular weight excluding hydrogens is 56.0 g/mol. The maximum Gasteiger partial charge on any atom is 0.251 e. The van der Waals surface area contributed by atoms with Gasteiger partial charge in [-0.15, -0.1) is 5.11 Å². The van der Waals surface area contributed by atoms with E-state index in [0.29, 0.717) is 0 Å². The highest BCUT2D eigenvalue weighted by Gasteiger charge is 1.39. The largest absolute Gasteiger partial charge is 0.275 e. The fraction of sp³-hybridized carbons (Fsp3) is 0. The molecule has 0 atom stereocenters. The molecule has 3 heteroatoms. The second kappa shape index (κ2) is 2.27. The average molecular weight is 58.0 g/mol. The molecule has 0 aromatic carbocycles. The molecule has 0 aliphatic heterocycles. The fourth-order valence-electron chi connectivity index (χ4n) is 0. The van der Waals surface area contributed by atoms with Gasteiger partial charge in [0.25, 0.3) is 6.41 Å². The van der Waals surface area contributed by atoms with Gasteiger partial charge < -0.3 is 0 Å². The SMILES string of the molecule is N=NC=O. The number of carbonyl (C=O) groups is 1. The molecule has 3 nitrogen and oxygen atoms in total. The highest BCUT2D eigenvalue weighted by Crippen LogP contribution is 1.35. The zero-order valence-electron chi connectivity index (χ0n) is 1.93. The minimum Gasteiger partial charge on any atom is -0.275 e. The molecule has 0 saturated heterocycles. The number of nitrogens with one attached hydrogen (secondary N) is 1. The number of hydrogen-bond acceptors (Lipinski definition) is 2. The van der Waals surface area contributed by atoms with E-state index in [1.54, 1.807) is 0 Å². The molecule has 0 aromatic heterocycles. The van der Waals surface area contributed by atoms with Crippen LogP contribution in [0, 0.1) is 5.53 Å². The summed E-state index contributed by atoms with van der Waals surface area (Å²) < 4.78 is 0. The second-order valence-electron chi connectivity index (χ2n) is 0.235. The summed E-state index contributed by atoms with van der Waals surface area (Å²) in [6, 6.07) is 0. The molecule has 22 valence electrons.